The Morgan fingerprint density at radius 3 is 2.45 bits per heavy atom. The molecular weight excluding hydrogens is 244 g/mol. The molecule has 2 aliphatic rings. The molecule has 1 N–H and O–H groups in total. The van der Waals surface area contributed by atoms with Gasteiger partial charge in [0.25, 0.3) is 0 Å². The van der Waals surface area contributed by atoms with E-state index in [0.29, 0.717) is 12.1 Å². The van der Waals surface area contributed by atoms with Gasteiger partial charge in [0, 0.05) is 18.6 Å². The van der Waals surface area contributed by atoms with Crippen molar-refractivity contribution in [3.8, 4) is 0 Å². The van der Waals surface area contributed by atoms with E-state index in [4.69, 9.17) is 0 Å². The third kappa shape index (κ3) is 3.42. The van der Waals surface area contributed by atoms with E-state index in [-0.39, 0.29) is 0 Å². The quantitative estimate of drug-likeness (QED) is 0.882. The molecule has 20 heavy (non-hydrogen) atoms. The van der Waals surface area contributed by atoms with Gasteiger partial charge in [-0.3, -0.25) is 0 Å². The second-order valence-corrected chi connectivity index (χ2v) is 6.76. The summed E-state index contributed by atoms with van der Waals surface area (Å²) < 4.78 is 0. The van der Waals surface area contributed by atoms with E-state index >= 15 is 0 Å². The van der Waals surface area contributed by atoms with Gasteiger partial charge in [0.2, 0.25) is 0 Å². The molecule has 0 spiro atoms. The van der Waals surface area contributed by atoms with Crippen LogP contribution in [0.5, 0.6) is 0 Å². The molecule has 1 aliphatic heterocycles. The van der Waals surface area contributed by atoms with Crippen LogP contribution in [-0.2, 0) is 6.54 Å². The molecule has 0 radical (unpaired) electrons. The van der Waals surface area contributed by atoms with Gasteiger partial charge in [0.15, 0.2) is 0 Å². The molecule has 0 aromatic heterocycles. The van der Waals surface area contributed by atoms with Crippen molar-refractivity contribution in [1.82, 2.24) is 10.2 Å². The van der Waals surface area contributed by atoms with E-state index in [0.717, 1.165) is 12.5 Å². The Kier molecular flexibility index (Phi) is 4.42. The lowest BCUT2D eigenvalue weighted by Gasteiger charge is -2.35. The predicted molar refractivity (Wildman–Crippen MR) is 85.0 cm³/mol. The Labute approximate surface area is 123 Å². The van der Waals surface area contributed by atoms with E-state index in [9.17, 15) is 0 Å². The summed E-state index contributed by atoms with van der Waals surface area (Å²) in [6.45, 7) is 8.16. The third-order valence-corrected chi connectivity index (χ3v) is 4.91. The third-order valence-electron chi connectivity index (χ3n) is 4.91. The first-order chi connectivity index (χ1) is 9.74. The molecule has 3 rings (SSSR count). The molecule has 0 atom stereocenters. The molecular formula is C18H28N2. The molecule has 0 amide bonds. The Hall–Kier alpha value is -0.860. The monoisotopic (exact) mass is 272 g/mol. The zero-order valence-electron chi connectivity index (χ0n) is 12.9. The normalized spacial score (nSPS) is 21.6. The van der Waals surface area contributed by atoms with Crippen molar-refractivity contribution in [2.75, 3.05) is 13.1 Å². The molecule has 2 fully saturated rings. The minimum Gasteiger partial charge on any atom is -0.310 e. The minimum atomic E-state index is 0.701. The fourth-order valence-electron chi connectivity index (χ4n) is 3.36. The fraction of sp³-hybridized carbons (Fsp3) is 0.667. The van der Waals surface area contributed by atoms with Crippen molar-refractivity contribution in [1.29, 1.82) is 0 Å². The summed E-state index contributed by atoms with van der Waals surface area (Å²) in [5.74, 6) is 0.857. The smallest absolute Gasteiger partial charge is 0.0210 e. The lowest BCUT2D eigenvalue weighted by Crippen LogP contribution is -2.44. The van der Waals surface area contributed by atoms with Crippen molar-refractivity contribution < 1.29 is 0 Å². The van der Waals surface area contributed by atoms with Gasteiger partial charge in [-0.2, -0.15) is 0 Å². The van der Waals surface area contributed by atoms with Crippen LogP contribution < -0.4 is 5.32 Å². The summed E-state index contributed by atoms with van der Waals surface area (Å²) in [6.07, 6.45) is 5.38. The molecule has 1 saturated carbocycles. The van der Waals surface area contributed by atoms with Crippen molar-refractivity contribution in [3.05, 3.63) is 35.4 Å². The SMILES string of the molecule is CC(C)N1CCC(NCc2ccccc2C2CC2)CC1. The first-order valence-electron chi connectivity index (χ1n) is 8.29. The van der Waals surface area contributed by atoms with Crippen LogP contribution in [-0.4, -0.2) is 30.1 Å². The zero-order chi connectivity index (χ0) is 13.9. The number of nitrogens with one attached hydrogen (secondary N) is 1. The van der Waals surface area contributed by atoms with Gasteiger partial charge in [-0.15, -0.1) is 0 Å². The Bertz CT molecular complexity index is 429. The second-order valence-electron chi connectivity index (χ2n) is 6.76. The summed E-state index contributed by atoms with van der Waals surface area (Å²) in [5, 5.41) is 3.79. The number of hydrogen-bond acceptors (Lipinski definition) is 2. The lowest BCUT2D eigenvalue weighted by molar-refractivity contribution is 0.161. The van der Waals surface area contributed by atoms with E-state index in [1.165, 1.54) is 44.3 Å². The molecule has 1 aliphatic carbocycles. The van der Waals surface area contributed by atoms with Gasteiger partial charge in [-0.05, 0) is 69.7 Å². The Morgan fingerprint density at radius 2 is 1.80 bits per heavy atom. The van der Waals surface area contributed by atoms with Crippen LogP contribution in [0.1, 0.15) is 56.6 Å². The van der Waals surface area contributed by atoms with Crippen LogP contribution in [0.2, 0.25) is 0 Å². The van der Waals surface area contributed by atoms with Crippen LogP contribution in [0.15, 0.2) is 24.3 Å². The minimum absolute atomic E-state index is 0.701. The predicted octanol–water partition coefficient (Wildman–Crippen LogP) is 3.53. The van der Waals surface area contributed by atoms with Gasteiger partial charge in [-0.1, -0.05) is 24.3 Å². The van der Waals surface area contributed by atoms with Gasteiger partial charge >= 0.3 is 0 Å². The highest BCUT2D eigenvalue weighted by Gasteiger charge is 2.26. The molecule has 1 aromatic carbocycles. The summed E-state index contributed by atoms with van der Waals surface area (Å²) in [5.41, 5.74) is 3.13. The first kappa shape index (κ1) is 14.1. The van der Waals surface area contributed by atoms with Crippen molar-refractivity contribution in [2.45, 2.75) is 64.1 Å². The molecule has 1 saturated heterocycles. The van der Waals surface area contributed by atoms with Gasteiger partial charge in [0.1, 0.15) is 0 Å². The van der Waals surface area contributed by atoms with Gasteiger partial charge < -0.3 is 10.2 Å². The zero-order valence-corrected chi connectivity index (χ0v) is 12.9. The topological polar surface area (TPSA) is 15.3 Å². The number of piperidine rings is 1. The van der Waals surface area contributed by atoms with Crippen LogP contribution in [0.4, 0.5) is 0 Å². The van der Waals surface area contributed by atoms with Crippen LogP contribution in [0, 0.1) is 0 Å². The molecule has 0 unspecified atom stereocenters. The average molecular weight is 272 g/mol. The maximum absolute atomic E-state index is 3.79. The average Bonchev–Trinajstić information content (AvgIpc) is 3.30. The molecule has 1 heterocycles. The van der Waals surface area contributed by atoms with Gasteiger partial charge in [0.05, 0.1) is 0 Å². The van der Waals surface area contributed by atoms with Gasteiger partial charge in [-0.25, -0.2) is 0 Å². The maximum Gasteiger partial charge on any atom is 0.0210 e. The fourth-order valence-corrected chi connectivity index (χ4v) is 3.36. The summed E-state index contributed by atoms with van der Waals surface area (Å²) >= 11 is 0. The number of rotatable bonds is 5. The Morgan fingerprint density at radius 1 is 1.10 bits per heavy atom. The highest BCUT2D eigenvalue weighted by molar-refractivity contribution is 5.33. The molecule has 1 aromatic rings. The number of hydrogen-bond donors (Lipinski definition) is 1. The largest absolute Gasteiger partial charge is 0.310 e. The summed E-state index contributed by atoms with van der Waals surface area (Å²) in [6, 6.07) is 10.4. The van der Waals surface area contributed by atoms with Crippen LogP contribution in [0.25, 0.3) is 0 Å². The highest BCUT2D eigenvalue weighted by Crippen LogP contribution is 2.41. The lowest BCUT2D eigenvalue weighted by atomic mass is 10.0. The highest BCUT2D eigenvalue weighted by atomic mass is 15.2. The molecule has 2 heteroatoms. The van der Waals surface area contributed by atoms with Crippen molar-refractivity contribution in [2.24, 2.45) is 0 Å². The standard InChI is InChI=1S/C18H28N2/c1-14(2)20-11-9-17(10-12-20)19-13-16-5-3-4-6-18(16)15-7-8-15/h3-6,14-15,17,19H,7-13H2,1-2H3. The van der Waals surface area contributed by atoms with E-state index in [1.54, 1.807) is 5.56 Å². The first-order valence-corrected chi connectivity index (χ1v) is 8.29. The Balaban J connectivity index is 1.51. The number of likely N-dealkylation sites (tertiary alicyclic amines) is 1. The number of nitrogens with zero attached hydrogens (tertiary/aromatic N) is 1. The molecule has 0 bridgehead atoms. The summed E-state index contributed by atoms with van der Waals surface area (Å²) in [4.78, 5) is 2.59. The van der Waals surface area contributed by atoms with E-state index in [1.807, 2.05) is 0 Å². The van der Waals surface area contributed by atoms with Crippen LogP contribution in [0.3, 0.4) is 0 Å². The van der Waals surface area contributed by atoms with Crippen molar-refractivity contribution in [3.63, 3.8) is 0 Å². The number of benzene rings is 1. The summed E-state index contributed by atoms with van der Waals surface area (Å²) in [7, 11) is 0. The van der Waals surface area contributed by atoms with Crippen LogP contribution >= 0.6 is 0 Å². The second kappa shape index (κ2) is 6.28. The molecule has 110 valence electrons. The van der Waals surface area contributed by atoms with Crippen molar-refractivity contribution >= 4 is 0 Å². The van der Waals surface area contributed by atoms with E-state index in [2.05, 4.69) is 48.3 Å². The van der Waals surface area contributed by atoms with E-state index < -0.39 is 0 Å². The maximum atomic E-state index is 3.79. The molecule has 2 nitrogen and oxygen atoms in total.